The first-order chi connectivity index (χ1) is 16.0. The van der Waals surface area contributed by atoms with Gasteiger partial charge in [0.1, 0.15) is 0 Å². The Morgan fingerprint density at radius 1 is 0.909 bits per heavy atom. The van der Waals surface area contributed by atoms with Gasteiger partial charge in [0.2, 0.25) is 0 Å². The van der Waals surface area contributed by atoms with Crippen LogP contribution in [0.15, 0.2) is 83.8 Å². The number of hydrogen-bond acceptors (Lipinski definition) is 4. The van der Waals surface area contributed by atoms with E-state index in [0.717, 1.165) is 27.9 Å². The lowest BCUT2D eigenvalue weighted by Gasteiger charge is -2.09. The molecule has 3 aromatic carbocycles. The van der Waals surface area contributed by atoms with Crippen LogP contribution in [0.25, 0.3) is 27.7 Å². The molecule has 0 aliphatic heterocycles. The third-order valence-electron chi connectivity index (χ3n) is 5.71. The van der Waals surface area contributed by atoms with Crippen molar-refractivity contribution in [2.75, 3.05) is 5.32 Å². The minimum Gasteiger partial charge on any atom is -0.322 e. The first-order valence-electron chi connectivity index (χ1n) is 10.5. The molecule has 33 heavy (non-hydrogen) atoms. The van der Waals surface area contributed by atoms with Gasteiger partial charge in [0.05, 0.1) is 34.2 Å². The lowest BCUT2D eigenvalue weighted by molar-refractivity contribution is 0.102. The number of aryl methyl sites for hydroxylation is 1. The van der Waals surface area contributed by atoms with Crippen molar-refractivity contribution in [1.29, 1.82) is 0 Å². The van der Waals surface area contributed by atoms with Crippen molar-refractivity contribution < 1.29 is 4.79 Å². The molecule has 5 aromatic rings. The Morgan fingerprint density at radius 2 is 1.61 bits per heavy atom. The highest BCUT2D eigenvalue weighted by atomic mass is 16.1. The molecular weight excluding hydrogens is 414 g/mol. The number of fused-ring (bicyclic) bond motifs is 1. The fourth-order valence-corrected chi connectivity index (χ4v) is 3.92. The molecule has 0 fully saturated rings. The first kappa shape index (κ1) is 20.4. The SMILES string of the molecule is Cc1ccccc1-n1ncc(C(=O)Nc2ccc(-c3n[nH]c(=O)c4ccccc34)cc2)c1C. The average molecular weight is 435 g/mol. The van der Waals surface area contributed by atoms with E-state index in [1.54, 1.807) is 16.9 Å². The number of rotatable bonds is 4. The van der Waals surface area contributed by atoms with Gasteiger partial charge in [0.15, 0.2) is 0 Å². The number of aromatic amines is 1. The second kappa shape index (κ2) is 8.20. The highest BCUT2D eigenvalue weighted by molar-refractivity contribution is 6.05. The Bertz CT molecular complexity index is 1550. The van der Waals surface area contributed by atoms with E-state index in [2.05, 4.69) is 20.6 Å². The van der Waals surface area contributed by atoms with Crippen LogP contribution in [0, 0.1) is 13.8 Å². The number of amides is 1. The third-order valence-corrected chi connectivity index (χ3v) is 5.71. The monoisotopic (exact) mass is 435 g/mol. The maximum atomic E-state index is 12.9. The number of carbonyl (C=O) groups excluding carboxylic acids is 1. The van der Waals surface area contributed by atoms with E-state index in [1.165, 1.54) is 0 Å². The highest BCUT2D eigenvalue weighted by Crippen LogP contribution is 2.26. The summed E-state index contributed by atoms with van der Waals surface area (Å²) in [5.74, 6) is -0.229. The quantitative estimate of drug-likeness (QED) is 0.430. The van der Waals surface area contributed by atoms with Gasteiger partial charge in [-0.3, -0.25) is 9.59 Å². The van der Waals surface area contributed by atoms with E-state index in [9.17, 15) is 9.59 Å². The summed E-state index contributed by atoms with van der Waals surface area (Å²) in [4.78, 5) is 25.0. The van der Waals surface area contributed by atoms with Crippen molar-refractivity contribution in [3.05, 3.63) is 106 Å². The Balaban J connectivity index is 1.40. The van der Waals surface area contributed by atoms with Gasteiger partial charge in [0, 0.05) is 16.6 Å². The van der Waals surface area contributed by atoms with Crippen molar-refractivity contribution in [2.24, 2.45) is 0 Å². The van der Waals surface area contributed by atoms with E-state index in [-0.39, 0.29) is 11.5 Å². The molecule has 7 heteroatoms. The molecule has 0 radical (unpaired) electrons. The van der Waals surface area contributed by atoms with Crippen LogP contribution in [0.4, 0.5) is 5.69 Å². The Kier molecular flexibility index (Phi) is 5.06. The fourth-order valence-electron chi connectivity index (χ4n) is 3.92. The standard InChI is InChI=1S/C26H21N5O2/c1-16-7-3-6-10-23(16)31-17(2)22(15-27-31)25(32)28-19-13-11-18(12-14-19)24-20-8-4-5-9-21(20)26(33)30-29-24/h3-15H,1-2H3,(H,28,32)(H,30,33). The number of benzene rings is 3. The minimum atomic E-state index is -0.229. The number of anilines is 1. The van der Waals surface area contributed by atoms with Crippen molar-refractivity contribution in [3.8, 4) is 16.9 Å². The van der Waals surface area contributed by atoms with Crippen molar-refractivity contribution in [1.82, 2.24) is 20.0 Å². The predicted octanol–water partition coefficient (Wildman–Crippen LogP) is 4.64. The molecule has 2 heterocycles. The number of para-hydroxylation sites is 1. The molecule has 0 atom stereocenters. The zero-order chi connectivity index (χ0) is 22.9. The fraction of sp³-hybridized carbons (Fsp3) is 0.0769. The molecule has 0 saturated carbocycles. The summed E-state index contributed by atoms with van der Waals surface area (Å²) in [6.07, 6.45) is 1.59. The molecule has 7 nitrogen and oxygen atoms in total. The molecule has 162 valence electrons. The second-order valence-electron chi connectivity index (χ2n) is 7.82. The molecule has 0 aliphatic rings. The number of hydrogen-bond donors (Lipinski definition) is 2. The number of aromatic nitrogens is 4. The lowest BCUT2D eigenvalue weighted by Crippen LogP contribution is -2.13. The summed E-state index contributed by atoms with van der Waals surface area (Å²) < 4.78 is 1.78. The van der Waals surface area contributed by atoms with E-state index < -0.39 is 0 Å². The number of nitrogens with one attached hydrogen (secondary N) is 2. The largest absolute Gasteiger partial charge is 0.322 e. The van der Waals surface area contributed by atoms with Crippen LogP contribution >= 0.6 is 0 Å². The normalized spacial score (nSPS) is 11.0. The van der Waals surface area contributed by atoms with Crippen LogP contribution in [-0.2, 0) is 0 Å². The lowest BCUT2D eigenvalue weighted by atomic mass is 10.0. The van der Waals surface area contributed by atoms with Crippen molar-refractivity contribution in [2.45, 2.75) is 13.8 Å². The van der Waals surface area contributed by atoms with Crippen LogP contribution in [0.5, 0.6) is 0 Å². The smallest absolute Gasteiger partial charge is 0.272 e. The summed E-state index contributed by atoms with van der Waals surface area (Å²) >= 11 is 0. The molecule has 2 N–H and O–H groups in total. The van der Waals surface area contributed by atoms with Crippen LogP contribution in [-0.4, -0.2) is 25.9 Å². The molecule has 1 amide bonds. The van der Waals surface area contributed by atoms with Gasteiger partial charge < -0.3 is 5.32 Å². The topological polar surface area (TPSA) is 92.7 Å². The van der Waals surface area contributed by atoms with Gasteiger partial charge in [0.25, 0.3) is 11.5 Å². The summed E-state index contributed by atoms with van der Waals surface area (Å²) in [6, 6.07) is 22.6. The Morgan fingerprint density at radius 3 is 2.36 bits per heavy atom. The molecule has 0 aliphatic carbocycles. The van der Waals surface area contributed by atoms with Crippen LogP contribution in [0.1, 0.15) is 21.6 Å². The van der Waals surface area contributed by atoms with Crippen LogP contribution < -0.4 is 10.9 Å². The van der Waals surface area contributed by atoms with E-state index in [0.29, 0.717) is 22.3 Å². The Hall–Kier alpha value is -4.52. The van der Waals surface area contributed by atoms with Gasteiger partial charge in [-0.1, -0.05) is 48.5 Å². The first-order valence-corrected chi connectivity index (χ1v) is 10.5. The summed E-state index contributed by atoms with van der Waals surface area (Å²) in [5, 5.41) is 15.5. The van der Waals surface area contributed by atoms with E-state index in [4.69, 9.17) is 0 Å². The molecule has 5 rings (SSSR count). The van der Waals surface area contributed by atoms with Crippen molar-refractivity contribution >= 4 is 22.4 Å². The van der Waals surface area contributed by atoms with Crippen LogP contribution in [0.2, 0.25) is 0 Å². The van der Waals surface area contributed by atoms with Gasteiger partial charge in [-0.2, -0.15) is 10.2 Å². The van der Waals surface area contributed by atoms with Crippen molar-refractivity contribution in [3.63, 3.8) is 0 Å². The highest BCUT2D eigenvalue weighted by Gasteiger charge is 2.16. The number of H-pyrrole nitrogens is 1. The summed E-state index contributed by atoms with van der Waals surface area (Å²) in [6.45, 7) is 3.89. The second-order valence-corrected chi connectivity index (χ2v) is 7.82. The molecular formula is C26H21N5O2. The minimum absolute atomic E-state index is 0.222. The number of carbonyl (C=O) groups is 1. The molecule has 0 spiro atoms. The number of nitrogens with zero attached hydrogens (tertiary/aromatic N) is 3. The average Bonchev–Trinajstić information content (AvgIpc) is 3.22. The zero-order valence-electron chi connectivity index (χ0n) is 18.2. The molecule has 2 aromatic heterocycles. The molecule has 0 bridgehead atoms. The Labute approximate surface area is 189 Å². The third kappa shape index (κ3) is 3.70. The van der Waals surface area contributed by atoms with E-state index >= 15 is 0 Å². The van der Waals surface area contributed by atoms with E-state index in [1.807, 2.05) is 80.6 Å². The summed E-state index contributed by atoms with van der Waals surface area (Å²) in [7, 11) is 0. The van der Waals surface area contributed by atoms with Gasteiger partial charge in [-0.25, -0.2) is 9.78 Å². The maximum absolute atomic E-state index is 12.9. The van der Waals surface area contributed by atoms with Crippen LogP contribution in [0.3, 0.4) is 0 Å². The van der Waals surface area contributed by atoms with Gasteiger partial charge in [-0.05, 0) is 43.7 Å². The molecule has 0 unspecified atom stereocenters. The molecule has 0 saturated heterocycles. The predicted molar refractivity (Wildman–Crippen MR) is 129 cm³/mol. The zero-order valence-corrected chi connectivity index (χ0v) is 18.2. The van der Waals surface area contributed by atoms with Gasteiger partial charge >= 0.3 is 0 Å². The van der Waals surface area contributed by atoms with Gasteiger partial charge in [-0.15, -0.1) is 0 Å². The maximum Gasteiger partial charge on any atom is 0.272 e. The summed E-state index contributed by atoms with van der Waals surface area (Å²) in [5.41, 5.74) is 5.24.